The first-order chi connectivity index (χ1) is 9.83. The Labute approximate surface area is 135 Å². The van der Waals surface area contributed by atoms with Crippen molar-refractivity contribution < 1.29 is 4.52 Å². The summed E-state index contributed by atoms with van der Waals surface area (Å²) in [4.78, 5) is 7.88. The predicted octanol–water partition coefficient (Wildman–Crippen LogP) is 2.79. The van der Waals surface area contributed by atoms with E-state index >= 15 is 0 Å². The van der Waals surface area contributed by atoms with Crippen LogP contribution in [0.15, 0.2) is 22.0 Å². The van der Waals surface area contributed by atoms with Gasteiger partial charge >= 0.3 is 0 Å². The zero-order chi connectivity index (χ0) is 13.8. The lowest BCUT2D eigenvalue weighted by molar-refractivity contribution is 0.190. The molecular formula is C14H21ClN4OS. The Morgan fingerprint density at radius 2 is 2.33 bits per heavy atom. The number of thiophene rings is 1. The van der Waals surface area contributed by atoms with Gasteiger partial charge in [-0.25, -0.2) is 0 Å². The normalized spacial score (nSPS) is 19.2. The largest absolute Gasteiger partial charge is 0.338 e. The maximum atomic E-state index is 5.37. The second-order valence-corrected chi connectivity index (χ2v) is 6.19. The molecule has 2 aromatic heterocycles. The molecule has 3 heterocycles. The van der Waals surface area contributed by atoms with E-state index < -0.39 is 0 Å². The lowest BCUT2D eigenvalue weighted by Crippen LogP contribution is -2.32. The molecule has 1 unspecified atom stereocenters. The maximum absolute atomic E-state index is 5.37. The summed E-state index contributed by atoms with van der Waals surface area (Å²) in [5, 5.41) is 9.53. The number of nitrogens with one attached hydrogen (secondary N) is 1. The summed E-state index contributed by atoms with van der Waals surface area (Å²) >= 11 is 1.63. The van der Waals surface area contributed by atoms with Crippen molar-refractivity contribution >= 4 is 23.7 Å². The Morgan fingerprint density at radius 1 is 1.43 bits per heavy atom. The van der Waals surface area contributed by atoms with Crippen LogP contribution >= 0.6 is 23.7 Å². The molecule has 0 aliphatic carbocycles. The van der Waals surface area contributed by atoms with E-state index in [0.717, 1.165) is 24.5 Å². The number of hydrogen-bond donors (Lipinski definition) is 1. The first-order valence-electron chi connectivity index (χ1n) is 7.10. The third-order valence-corrected chi connectivity index (χ3v) is 4.63. The molecule has 0 saturated carbocycles. The highest BCUT2D eigenvalue weighted by Gasteiger charge is 2.19. The topological polar surface area (TPSA) is 54.2 Å². The van der Waals surface area contributed by atoms with Crippen LogP contribution in [-0.4, -0.2) is 41.2 Å². The lowest BCUT2D eigenvalue weighted by atomic mass is 10.1. The molecule has 1 saturated heterocycles. The fourth-order valence-electron chi connectivity index (χ4n) is 2.61. The van der Waals surface area contributed by atoms with Crippen molar-refractivity contribution in [2.75, 3.05) is 20.1 Å². The average Bonchev–Trinajstić information content (AvgIpc) is 3.05. The summed E-state index contributed by atoms with van der Waals surface area (Å²) in [5.74, 6) is 1.40. The Bertz CT molecular complexity index is 523. The molecule has 0 bridgehead atoms. The number of nitrogens with zero attached hydrogens (tertiary/aromatic N) is 3. The van der Waals surface area contributed by atoms with Gasteiger partial charge in [0.1, 0.15) is 0 Å². The summed E-state index contributed by atoms with van der Waals surface area (Å²) < 4.78 is 5.37. The van der Waals surface area contributed by atoms with Crippen molar-refractivity contribution in [2.45, 2.75) is 31.8 Å². The van der Waals surface area contributed by atoms with Crippen molar-refractivity contribution in [3.8, 4) is 10.7 Å². The summed E-state index contributed by atoms with van der Waals surface area (Å²) in [6.45, 7) is 2.95. The Balaban J connectivity index is 0.00000161. The molecule has 7 heteroatoms. The van der Waals surface area contributed by atoms with Gasteiger partial charge in [-0.15, -0.1) is 23.7 Å². The molecule has 0 aromatic carbocycles. The molecule has 116 valence electrons. The van der Waals surface area contributed by atoms with E-state index in [1.54, 1.807) is 11.3 Å². The summed E-state index contributed by atoms with van der Waals surface area (Å²) in [6.07, 6.45) is 3.65. The van der Waals surface area contributed by atoms with Crippen LogP contribution in [0.5, 0.6) is 0 Å². The smallest absolute Gasteiger partial charge is 0.241 e. The van der Waals surface area contributed by atoms with Crippen LogP contribution < -0.4 is 5.32 Å². The second kappa shape index (κ2) is 7.89. The Kier molecular flexibility index (Phi) is 6.17. The van der Waals surface area contributed by atoms with Gasteiger partial charge in [-0.05, 0) is 50.8 Å². The Morgan fingerprint density at radius 3 is 3.14 bits per heavy atom. The fourth-order valence-corrected chi connectivity index (χ4v) is 3.26. The van der Waals surface area contributed by atoms with Gasteiger partial charge in [-0.1, -0.05) is 11.2 Å². The lowest BCUT2D eigenvalue weighted by Gasteiger charge is -2.25. The SMILES string of the molecule is CN(Cc1nc(-c2cccs2)no1)C1CCCNCC1.Cl. The molecule has 2 aromatic rings. The van der Waals surface area contributed by atoms with Gasteiger partial charge < -0.3 is 9.84 Å². The van der Waals surface area contributed by atoms with E-state index in [2.05, 4.69) is 27.4 Å². The standard InChI is InChI=1S/C14H20N4OS.ClH/c1-18(11-4-2-7-15-8-6-11)10-13-16-14(17-19-13)12-5-3-9-20-12;/h3,5,9,11,15H,2,4,6-8,10H2,1H3;1H. The van der Waals surface area contributed by atoms with Crippen molar-refractivity contribution in [1.29, 1.82) is 0 Å². The zero-order valence-electron chi connectivity index (χ0n) is 12.1. The van der Waals surface area contributed by atoms with Crippen LogP contribution in [-0.2, 0) is 6.54 Å². The monoisotopic (exact) mass is 328 g/mol. The van der Waals surface area contributed by atoms with Gasteiger partial charge in [0.05, 0.1) is 11.4 Å². The van der Waals surface area contributed by atoms with Crippen molar-refractivity contribution in [3.05, 3.63) is 23.4 Å². The highest BCUT2D eigenvalue weighted by atomic mass is 35.5. The predicted molar refractivity (Wildman–Crippen MR) is 86.8 cm³/mol. The zero-order valence-corrected chi connectivity index (χ0v) is 13.8. The molecule has 1 fully saturated rings. The molecule has 0 radical (unpaired) electrons. The van der Waals surface area contributed by atoms with Gasteiger partial charge in [-0.3, -0.25) is 4.90 Å². The van der Waals surface area contributed by atoms with Gasteiger partial charge in [-0.2, -0.15) is 4.98 Å². The van der Waals surface area contributed by atoms with Gasteiger partial charge in [0.2, 0.25) is 11.7 Å². The van der Waals surface area contributed by atoms with E-state index in [0.29, 0.717) is 17.8 Å². The van der Waals surface area contributed by atoms with Crippen LogP contribution in [0, 0.1) is 0 Å². The molecule has 0 amide bonds. The Hall–Kier alpha value is -0.950. The average molecular weight is 329 g/mol. The van der Waals surface area contributed by atoms with E-state index in [9.17, 15) is 0 Å². The van der Waals surface area contributed by atoms with E-state index in [4.69, 9.17) is 4.52 Å². The first-order valence-corrected chi connectivity index (χ1v) is 7.98. The number of rotatable bonds is 4. The molecule has 5 nitrogen and oxygen atoms in total. The molecule has 3 rings (SSSR count). The molecule has 21 heavy (non-hydrogen) atoms. The second-order valence-electron chi connectivity index (χ2n) is 5.24. The van der Waals surface area contributed by atoms with Crippen molar-refractivity contribution in [1.82, 2.24) is 20.4 Å². The van der Waals surface area contributed by atoms with Crippen LogP contribution in [0.2, 0.25) is 0 Å². The highest BCUT2D eigenvalue weighted by Crippen LogP contribution is 2.22. The van der Waals surface area contributed by atoms with Crippen LogP contribution in [0.3, 0.4) is 0 Å². The fraction of sp³-hybridized carbons (Fsp3) is 0.571. The molecular weight excluding hydrogens is 308 g/mol. The van der Waals surface area contributed by atoms with Crippen LogP contribution in [0.25, 0.3) is 10.7 Å². The third kappa shape index (κ3) is 4.26. The van der Waals surface area contributed by atoms with E-state index in [1.165, 1.54) is 19.3 Å². The molecule has 1 atom stereocenters. The van der Waals surface area contributed by atoms with Gasteiger partial charge in [0.15, 0.2) is 0 Å². The molecule has 0 spiro atoms. The highest BCUT2D eigenvalue weighted by molar-refractivity contribution is 7.13. The quantitative estimate of drug-likeness (QED) is 0.935. The van der Waals surface area contributed by atoms with Crippen LogP contribution in [0.4, 0.5) is 0 Å². The van der Waals surface area contributed by atoms with E-state index in [1.807, 2.05) is 17.5 Å². The minimum absolute atomic E-state index is 0. The van der Waals surface area contributed by atoms with Crippen molar-refractivity contribution in [3.63, 3.8) is 0 Å². The number of aromatic nitrogens is 2. The minimum Gasteiger partial charge on any atom is -0.338 e. The molecule has 1 N–H and O–H groups in total. The number of halogens is 1. The summed E-state index contributed by atoms with van der Waals surface area (Å²) in [7, 11) is 2.14. The number of hydrogen-bond acceptors (Lipinski definition) is 6. The van der Waals surface area contributed by atoms with Gasteiger partial charge in [0.25, 0.3) is 0 Å². The minimum atomic E-state index is 0. The van der Waals surface area contributed by atoms with E-state index in [-0.39, 0.29) is 12.4 Å². The summed E-state index contributed by atoms with van der Waals surface area (Å²) in [6, 6.07) is 4.61. The van der Waals surface area contributed by atoms with Crippen molar-refractivity contribution in [2.24, 2.45) is 0 Å². The third-order valence-electron chi connectivity index (χ3n) is 3.76. The first kappa shape index (κ1) is 16.4. The maximum Gasteiger partial charge on any atom is 0.241 e. The molecule has 1 aliphatic rings. The molecule has 1 aliphatic heterocycles. The van der Waals surface area contributed by atoms with Gasteiger partial charge in [0, 0.05) is 6.04 Å². The van der Waals surface area contributed by atoms with Crippen LogP contribution in [0.1, 0.15) is 25.2 Å². The summed E-state index contributed by atoms with van der Waals surface area (Å²) in [5.41, 5.74) is 0.